The van der Waals surface area contributed by atoms with Crippen LogP contribution in [-0.2, 0) is 11.2 Å². The quantitative estimate of drug-likeness (QED) is 0.838. The number of Topliss-reactive ketones (excluding diaryl/α,β-unsaturated/α-hetero) is 1. The highest BCUT2D eigenvalue weighted by molar-refractivity contribution is 5.83. The Hall–Kier alpha value is -2.11. The van der Waals surface area contributed by atoms with Crippen LogP contribution in [0.1, 0.15) is 11.5 Å². The van der Waals surface area contributed by atoms with Gasteiger partial charge in [-0.15, -0.1) is 0 Å². The predicted octanol–water partition coefficient (Wildman–Crippen LogP) is 2.42. The second-order valence-electron chi connectivity index (χ2n) is 3.82. The van der Waals surface area contributed by atoms with Gasteiger partial charge in [0.05, 0.1) is 6.42 Å². The van der Waals surface area contributed by atoms with E-state index in [9.17, 15) is 13.6 Å². The Labute approximate surface area is 102 Å². The summed E-state index contributed by atoms with van der Waals surface area (Å²) >= 11 is 0. The van der Waals surface area contributed by atoms with Gasteiger partial charge in [0.2, 0.25) is 17.5 Å². The van der Waals surface area contributed by atoms with Gasteiger partial charge in [-0.1, -0.05) is 35.0 Å². The molecule has 18 heavy (non-hydrogen) atoms. The van der Waals surface area contributed by atoms with Crippen molar-refractivity contribution in [3.8, 4) is 11.4 Å². The van der Waals surface area contributed by atoms with E-state index in [4.69, 9.17) is 4.52 Å². The smallest absolute Gasteiger partial charge is 0.296 e. The molecule has 94 valence electrons. The van der Waals surface area contributed by atoms with Crippen LogP contribution in [0.4, 0.5) is 8.78 Å². The molecule has 1 aromatic carbocycles. The maximum Gasteiger partial charge on any atom is 0.296 e. The van der Waals surface area contributed by atoms with Gasteiger partial charge in [0.15, 0.2) is 0 Å². The van der Waals surface area contributed by atoms with E-state index >= 15 is 0 Å². The maximum absolute atomic E-state index is 12.0. The topological polar surface area (TPSA) is 56.0 Å². The first-order valence-corrected chi connectivity index (χ1v) is 5.27. The lowest BCUT2D eigenvalue weighted by Crippen LogP contribution is -2.12. The van der Waals surface area contributed by atoms with Crippen molar-refractivity contribution in [1.29, 1.82) is 0 Å². The normalized spacial score (nSPS) is 10.9. The van der Waals surface area contributed by atoms with Gasteiger partial charge in [-0.2, -0.15) is 4.98 Å². The fourth-order valence-corrected chi connectivity index (χ4v) is 1.37. The van der Waals surface area contributed by atoms with E-state index in [0.717, 1.165) is 5.56 Å². The van der Waals surface area contributed by atoms with E-state index in [1.807, 2.05) is 19.1 Å². The molecule has 0 saturated heterocycles. The third-order valence-electron chi connectivity index (χ3n) is 2.35. The van der Waals surface area contributed by atoms with Crippen LogP contribution in [0.5, 0.6) is 0 Å². The predicted molar refractivity (Wildman–Crippen MR) is 59.2 cm³/mol. The monoisotopic (exact) mass is 252 g/mol. The van der Waals surface area contributed by atoms with E-state index in [1.54, 1.807) is 12.1 Å². The average Bonchev–Trinajstić information content (AvgIpc) is 2.78. The summed E-state index contributed by atoms with van der Waals surface area (Å²) in [5, 5.41) is 3.65. The van der Waals surface area contributed by atoms with Gasteiger partial charge in [-0.3, -0.25) is 4.79 Å². The molecule has 2 rings (SSSR count). The summed E-state index contributed by atoms with van der Waals surface area (Å²) < 4.78 is 28.9. The molecule has 0 saturated carbocycles. The molecule has 0 bridgehead atoms. The molecule has 0 N–H and O–H groups in total. The molecule has 1 aromatic heterocycles. The van der Waals surface area contributed by atoms with Crippen LogP contribution in [-0.4, -0.2) is 22.3 Å². The highest BCUT2D eigenvalue weighted by Crippen LogP contribution is 2.16. The molecule has 0 aliphatic rings. The third-order valence-corrected chi connectivity index (χ3v) is 2.35. The van der Waals surface area contributed by atoms with E-state index in [0.29, 0.717) is 5.56 Å². The number of ketones is 1. The summed E-state index contributed by atoms with van der Waals surface area (Å²) in [7, 11) is 0. The first-order chi connectivity index (χ1) is 8.56. The largest absolute Gasteiger partial charge is 0.338 e. The minimum atomic E-state index is -3.01. The van der Waals surface area contributed by atoms with Crippen molar-refractivity contribution in [1.82, 2.24) is 10.1 Å². The number of aromatic nitrogens is 2. The minimum absolute atomic E-state index is 0.101. The number of aryl methyl sites for hydroxylation is 1. The van der Waals surface area contributed by atoms with Crippen LogP contribution in [0, 0.1) is 6.92 Å². The van der Waals surface area contributed by atoms with Crippen LogP contribution in [0.3, 0.4) is 0 Å². The summed E-state index contributed by atoms with van der Waals surface area (Å²) in [5.41, 5.74) is 1.79. The maximum atomic E-state index is 12.0. The van der Waals surface area contributed by atoms with Gasteiger partial charge in [0.25, 0.3) is 6.43 Å². The molecule has 0 unspecified atom stereocenters. The van der Waals surface area contributed by atoms with Gasteiger partial charge in [0.1, 0.15) is 0 Å². The van der Waals surface area contributed by atoms with Gasteiger partial charge < -0.3 is 4.52 Å². The second kappa shape index (κ2) is 5.03. The van der Waals surface area contributed by atoms with Crippen LogP contribution < -0.4 is 0 Å². The van der Waals surface area contributed by atoms with Crippen LogP contribution in [0.2, 0.25) is 0 Å². The number of alkyl halides is 2. The fourth-order valence-electron chi connectivity index (χ4n) is 1.37. The molecule has 0 amide bonds. The van der Waals surface area contributed by atoms with Gasteiger partial charge in [-0.05, 0) is 6.92 Å². The average molecular weight is 252 g/mol. The molecular formula is C12H10F2N2O2. The highest BCUT2D eigenvalue weighted by Gasteiger charge is 2.19. The lowest BCUT2D eigenvalue weighted by atomic mass is 10.1. The van der Waals surface area contributed by atoms with Gasteiger partial charge in [0, 0.05) is 5.56 Å². The first kappa shape index (κ1) is 12.3. The number of carbonyl (C=O) groups excluding carboxylic acids is 1. The molecule has 6 heteroatoms. The Bertz CT molecular complexity index is 549. The Morgan fingerprint density at radius 3 is 2.61 bits per heavy atom. The summed E-state index contributed by atoms with van der Waals surface area (Å²) in [4.78, 5) is 14.7. The highest BCUT2D eigenvalue weighted by atomic mass is 19.3. The van der Waals surface area contributed by atoms with Crippen LogP contribution in [0.25, 0.3) is 11.4 Å². The third kappa shape index (κ3) is 2.77. The molecule has 0 fully saturated rings. The van der Waals surface area contributed by atoms with E-state index < -0.39 is 18.6 Å². The molecule has 0 aliphatic carbocycles. The van der Waals surface area contributed by atoms with Crippen molar-refractivity contribution in [2.75, 3.05) is 0 Å². The Morgan fingerprint density at radius 1 is 1.33 bits per heavy atom. The van der Waals surface area contributed by atoms with Crippen molar-refractivity contribution < 1.29 is 18.1 Å². The molecule has 0 atom stereocenters. The molecule has 2 aromatic rings. The number of benzene rings is 1. The van der Waals surface area contributed by atoms with Crippen molar-refractivity contribution in [2.24, 2.45) is 0 Å². The molecule has 0 aliphatic heterocycles. The van der Waals surface area contributed by atoms with Crippen molar-refractivity contribution in [2.45, 2.75) is 19.8 Å². The summed E-state index contributed by atoms with van der Waals surface area (Å²) in [6, 6.07) is 7.32. The Morgan fingerprint density at radius 2 is 2.00 bits per heavy atom. The standard InChI is InChI=1S/C12H10F2N2O2/c1-7-2-4-8(5-3-7)12-15-10(18-16-12)6-9(17)11(13)14/h2-5,11H,6H2,1H3. The molecule has 0 spiro atoms. The van der Waals surface area contributed by atoms with Crippen LogP contribution >= 0.6 is 0 Å². The SMILES string of the molecule is Cc1ccc(-c2noc(CC(=O)C(F)F)n2)cc1. The number of rotatable bonds is 4. The number of halogens is 2. The second-order valence-corrected chi connectivity index (χ2v) is 3.82. The zero-order valence-corrected chi connectivity index (χ0v) is 9.56. The summed E-state index contributed by atoms with van der Waals surface area (Å²) in [5.74, 6) is -1.04. The summed E-state index contributed by atoms with van der Waals surface area (Å²) in [6.07, 6.45) is -3.56. The van der Waals surface area contributed by atoms with E-state index in [1.165, 1.54) is 0 Å². The number of nitrogens with zero attached hydrogens (tertiary/aromatic N) is 2. The van der Waals surface area contributed by atoms with E-state index in [2.05, 4.69) is 10.1 Å². The lowest BCUT2D eigenvalue weighted by molar-refractivity contribution is -0.129. The zero-order chi connectivity index (χ0) is 13.1. The van der Waals surface area contributed by atoms with Gasteiger partial charge >= 0.3 is 0 Å². The van der Waals surface area contributed by atoms with Crippen molar-refractivity contribution in [3.63, 3.8) is 0 Å². The van der Waals surface area contributed by atoms with Gasteiger partial charge in [-0.25, -0.2) is 8.78 Å². The first-order valence-electron chi connectivity index (χ1n) is 5.27. The Kier molecular flexibility index (Phi) is 3.45. The molecule has 1 heterocycles. The molecular weight excluding hydrogens is 242 g/mol. The number of hydrogen-bond donors (Lipinski definition) is 0. The van der Waals surface area contributed by atoms with E-state index in [-0.39, 0.29) is 11.7 Å². The molecule has 0 radical (unpaired) electrons. The number of hydrogen-bond acceptors (Lipinski definition) is 4. The van der Waals surface area contributed by atoms with Crippen molar-refractivity contribution in [3.05, 3.63) is 35.7 Å². The lowest BCUT2D eigenvalue weighted by Gasteiger charge is -1.94. The fraction of sp³-hybridized carbons (Fsp3) is 0.250. The van der Waals surface area contributed by atoms with Crippen molar-refractivity contribution >= 4 is 5.78 Å². The molecule has 4 nitrogen and oxygen atoms in total. The number of carbonyl (C=O) groups is 1. The zero-order valence-electron chi connectivity index (χ0n) is 9.56. The minimum Gasteiger partial charge on any atom is -0.338 e. The summed E-state index contributed by atoms with van der Waals surface area (Å²) in [6.45, 7) is 1.94. The Balaban J connectivity index is 2.15. The van der Waals surface area contributed by atoms with Crippen LogP contribution in [0.15, 0.2) is 28.8 Å².